The van der Waals surface area contributed by atoms with Crippen LogP contribution in [0.15, 0.2) is 24.4 Å². The zero-order valence-corrected chi connectivity index (χ0v) is 12.4. The van der Waals surface area contributed by atoms with E-state index in [2.05, 4.69) is 28.3 Å². The molecule has 1 fully saturated rings. The Morgan fingerprint density at radius 1 is 1.43 bits per heavy atom. The van der Waals surface area contributed by atoms with Crippen molar-refractivity contribution < 1.29 is 4.79 Å². The number of likely N-dealkylation sites (tertiary alicyclic amines) is 1. The summed E-state index contributed by atoms with van der Waals surface area (Å²) in [5.74, 6) is 0.588. The third-order valence-corrected chi connectivity index (χ3v) is 4.46. The van der Waals surface area contributed by atoms with Gasteiger partial charge in [-0.05, 0) is 62.2 Å². The van der Waals surface area contributed by atoms with Crippen molar-refractivity contribution in [1.29, 1.82) is 0 Å². The van der Waals surface area contributed by atoms with Crippen LogP contribution in [0.2, 0.25) is 0 Å². The summed E-state index contributed by atoms with van der Waals surface area (Å²) < 4.78 is 0. The average Bonchev–Trinajstić information content (AvgIpc) is 2.90. The molecule has 0 atom stereocenters. The van der Waals surface area contributed by atoms with Crippen LogP contribution in [0, 0.1) is 0 Å². The van der Waals surface area contributed by atoms with E-state index in [4.69, 9.17) is 5.73 Å². The molecule has 1 aliphatic rings. The second-order valence-corrected chi connectivity index (χ2v) is 5.70. The molecule has 0 saturated carbocycles. The number of H-pyrrole nitrogens is 1. The number of nitrogens with zero attached hydrogens (tertiary/aromatic N) is 1. The zero-order valence-electron chi connectivity index (χ0n) is 12.4. The number of primary amides is 1. The Morgan fingerprint density at radius 3 is 2.86 bits per heavy atom. The molecule has 0 unspecified atom stereocenters. The molecule has 1 aromatic heterocycles. The molecule has 5 heteroatoms. The largest absolute Gasteiger partial charge is 0.361 e. The molecule has 0 aliphatic carbocycles. The van der Waals surface area contributed by atoms with Gasteiger partial charge in [0.05, 0.1) is 0 Å². The Labute approximate surface area is 124 Å². The molecule has 1 saturated heterocycles. The van der Waals surface area contributed by atoms with Gasteiger partial charge in [0.2, 0.25) is 0 Å². The van der Waals surface area contributed by atoms with E-state index in [9.17, 15) is 4.79 Å². The van der Waals surface area contributed by atoms with Gasteiger partial charge in [-0.25, -0.2) is 4.79 Å². The number of benzene rings is 1. The maximum Gasteiger partial charge on any atom is 0.316 e. The molecule has 4 N–H and O–H groups in total. The molecule has 21 heavy (non-hydrogen) atoms. The normalized spacial score (nSPS) is 17.2. The van der Waals surface area contributed by atoms with Crippen molar-refractivity contribution in [2.75, 3.05) is 25.0 Å². The lowest BCUT2D eigenvalue weighted by atomic mass is 9.89. The van der Waals surface area contributed by atoms with Gasteiger partial charge in [0.15, 0.2) is 0 Å². The highest BCUT2D eigenvalue weighted by molar-refractivity contribution is 5.93. The predicted molar refractivity (Wildman–Crippen MR) is 85.6 cm³/mol. The third-order valence-electron chi connectivity index (χ3n) is 4.46. The fraction of sp³-hybridized carbons (Fsp3) is 0.438. The minimum Gasteiger partial charge on any atom is -0.361 e. The van der Waals surface area contributed by atoms with Crippen LogP contribution in [-0.4, -0.2) is 35.5 Å². The average molecular weight is 286 g/mol. The number of hydrogen-bond donors (Lipinski definition) is 3. The van der Waals surface area contributed by atoms with Crippen LogP contribution in [-0.2, 0) is 0 Å². The molecule has 3 rings (SSSR count). The van der Waals surface area contributed by atoms with Crippen molar-refractivity contribution in [3.8, 4) is 0 Å². The highest BCUT2D eigenvalue weighted by Gasteiger charge is 2.22. The maximum absolute atomic E-state index is 11.0. The summed E-state index contributed by atoms with van der Waals surface area (Å²) in [6.07, 6.45) is 4.49. The van der Waals surface area contributed by atoms with Crippen LogP contribution in [0.25, 0.3) is 10.9 Å². The molecular formula is C16H22N4O. The van der Waals surface area contributed by atoms with Crippen LogP contribution in [0.1, 0.15) is 31.2 Å². The summed E-state index contributed by atoms with van der Waals surface area (Å²) in [6, 6.07) is 5.35. The summed E-state index contributed by atoms with van der Waals surface area (Å²) in [6.45, 7) is 5.67. The molecule has 1 aromatic carbocycles. The highest BCUT2D eigenvalue weighted by atomic mass is 16.2. The van der Waals surface area contributed by atoms with Crippen LogP contribution in [0.4, 0.5) is 10.5 Å². The number of carbonyl (C=O) groups excluding carboxylic acids is 1. The van der Waals surface area contributed by atoms with Crippen LogP contribution in [0.3, 0.4) is 0 Å². The number of nitrogens with two attached hydrogens (primary N) is 1. The minimum absolute atomic E-state index is 0.525. The van der Waals surface area contributed by atoms with Crippen molar-refractivity contribution in [2.24, 2.45) is 5.73 Å². The SMILES string of the molecule is CCN1CCC(c2c[nH]c3ccc(NC(N)=O)cc23)CC1. The van der Waals surface area contributed by atoms with Crippen LogP contribution >= 0.6 is 0 Å². The van der Waals surface area contributed by atoms with E-state index in [-0.39, 0.29) is 0 Å². The molecule has 2 aromatic rings. The number of carbonyl (C=O) groups is 1. The van der Waals surface area contributed by atoms with Gasteiger partial charge >= 0.3 is 6.03 Å². The first-order valence-electron chi connectivity index (χ1n) is 7.57. The van der Waals surface area contributed by atoms with Gasteiger partial charge in [-0.15, -0.1) is 0 Å². The number of aromatic amines is 1. The lowest BCUT2D eigenvalue weighted by Gasteiger charge is -2.30. The first-order chi connectivity index (χ1) is 10.2. The molecule has 0 radical (unpaired) electrons. The molecular weight excluding hydrogens is 264 g/mol. The summed E-state index contributed by atoms with van der Waals surface area (Å²) in [7, 11) is 0. The van der Waals surface area contributed by atoms with Crippen molar-refractivity contribution in [2.45, 2.75) is 25.7 Å². The third kappa shape index (κ3) is 2.88. The number of aromatic nitrogens is 1. The second-order valence-electron chi connectivity index (χ2n) is 5.70. The first kappa shape index (κ1) is 13.9. The molecule has 2 heterocycles. The van der Waals surface area contributed by atoms with Crippen molar-refractivity contribution in [3.05, 3.63) is 30.0 Å². The Balaban J connectivity index is 1.86. The van der Waals surface area contributed by atoms with E-state index in [0.29, 0.717) is 5.92 Å². The molecule has 0 bridgehead atoms. The summed E-state index contributed by atoms with van der Waals surface area (Å²) in [4.78, 5) is 16.8. The predicted octanol–water partition coefficient (Wildman–Crippen LogP) is 2.86. The Morgan fingerprint density at radius 2 is 2.19 bits per heavy atom. The number of nitrogens with one attached hydrogen (secondary N) is 2. The van der Waals surface area contributed by atoms with E-state index in [1.54, 1.807) is 0 Å². The maximum atomic E-state index is 11.0. The highest BCUT2D eigenvalue weighted by Crippen LogP contribution is 2.34. The van der Waals surface area contributed by atoms with Gasteiger partial charge in [-0.3, -0.25) is 0 Å². The number of amides is 2. The van der Waals surface area contributed by atoms with E-state index in [0.717, 1.165) is 30.8 Å². The lowest BCUT2D eigenvalue weighted by Crippen LogP contribution is -2.32. The van der Waals surface area contributed by atoms with Gasteiger partial charge < -0.3 is 20.9 Å². The standard InChI is InChI=1S/C16H22N4O/c1-2-20-7-5-11(6-8-20)14-10-18-15-4-3-12(9-13(14)15)19-16(17)21/h3-4,9-11,18H,2,5-8H2,1H3,(H3,17,19,21). The molecule has 2 amide bonds. The summed E-state index contributed by atoms with van der Waals surface area (Å²) in [5.41, 5.74) is 8.41. The molecule has 0 spiro atoms. The van der Waals surface area contributed by atoms with E-state index in [1.807, 2.05) is 18.2 Å². The number of rotatable bonds is 3. The van der Waals surface area contributed by atoms with Crippen molar-refractivity contribution in [3.63, 3.8) is 0 Å². The van der Waals surface area contributed by atoms with E-state index in [1.165, 1.54) is 23.8 Å². The zero-order chi connectivity index (χ0) is 14.8. The van der Waals surface area contributed by atoms with Gasteiger partial charge in [0, 0.05) is 22.8 Å². The van der Waals surface area contributed by atoms with Gasteiger partial charge in [-0.2, -0.15) is 0 Å². The fourth-order valence-corrected chi connectivity index (χ4v) is 3.26. The van der Waals surface area contributed by atoms with Crippen molar-refractivity contribution >= 4 is 22.6 Å². The number of anilines is 1. The Kier molecular flexibility index (Phi) is 3.84. The van der Waals surface area contributed by atoms with Gasteiger partial charge in [0.25, 0.3) is 0 Å². The molecule has 112 valence electrons. The number of urea groups is 1. The molecule has 5 nitrogen and oxygen atoms in total. The quantitative estimate of drug-likeness (QED) is 0.811. The first-order valence-corrected chi connectivity index (χ1v) is 7.57. The monoisotopic (exact) mass is 286 g/mol. The number of piperidine rings is 1. The van der Waals surface area contributed by atoms with E-state index < -0.39 is 6.03 Å². The number of hydrogen-bond acceptors (Lipinski definition) is 2. The summed E-state index contributed by atoms with van der Waals surface area (Å²) in [5, 5.41) is 3.84. The fourth-order valence-electron chi connectivity index (χ4n) is 3.26. The lowest BCUT2D eigenvalue weighted by molar-refractivity contribution is 0.223. The Hall–Kier alpha value is -2.01. The smallest absolute Gasteiger partial charge is 0.316 e. The second kappa shape index (κ2) is 5.77. The van der Waals surface area contributed by atoms with Gasteiger partial charge in [0.1, 0.15) is 0 Å². The molecule has 1 aliphatic heterocycles. The van der Waals surface area contributed by atoms with E-state index >= 15 is 0 Å². The van der Waals surface area contributed by atoms with Crippen LogP contribution in [0.5, 0.6) is 0 Å². The van der Waals surface area contributed by atoms with Crippen LogP contribution < -0.4 is 11.1 Å². The number of fused-ring (bicyclic) bond motifs is 1. The topological polar surface area (TPSA) is 74.2 Å². The minimum atomic E-state index is -0.525. The summed E-state index contributed by atoms with van der Waals surface area (Å²) >= 11 is 0. The van der Waals surface area contributed by atoms with Gasteiger partial charge in [-0.1, -0.05) is 6.92 Å². The Bertz CT molecular complexity index is 641. The van der Waals surface area contributed by atoms with Crippen molar-refractivity contribution in [1.82, 2.24) is 9.88 Å².